The molecule has 1 fully saturated rings. The Morgan fingerprint density at radius 2 is 1.79 bits per heavy atom. The Hall–Kier alpha value is -1.34. The molecule has 0 aromatic heterocycles. The van der Waals surface area contributed by atoms with Gasteiger partial charge in [0.15, 0.2) is 0 Å². The molecule has 2 aromatic carbocycles. The summed E-state index contributed by atoms with van der Waals surface area (Å²) in [5, 5.41) is 39.6. The van der Waals surface area contributed by atoms with Gasteiger partial charge in [0.25, 0.3) is 0 Å². The van der Waals surface area contributed by atoms with Crippen molar-refractivity contribution >= 4 is 27.3 Å². The van der Waals surface area contributed by atoms with Crippen LogP contribution in [0.5, 0.6) is 0 Å². The zero-order valence-electron chi connectivity index (χ0n) is 15.7. The second-order valence-electron chi connectivity index (χ2n) is 7.99. The van der Waals surface area contributed by atoms with Gasteiger partial charge in [-0.15, -0.1) is 0 Å². The van der Waals surface area contributed by atoms with Crippen LogP contribution in [0.3, 0.4) is 0 Å². The molecular weight excluding hydrogens is 389 g/mol. The highest BCUT2D eigenvalue weighted by Gasteiger charge is 2.44. The number of fused-ring (bicyclic) bond motifs is 1. The van der Waals surface area contributed by atoms with E-state index in [0.717, 1.165) is 22.3 Å². The highest BCUT2D eigenvalue weighted by molar-refractivity contribution is 6.41. The molecule has 1 heterocycles. The van der Waals surface area contributed by atoms with Gasteiger partial charge in [0.2, 0.25) is 0 Å². The molecule has 1 aliphatic heterocycles. The smallest absolute Gasteiger partial charge is 0.113 e. The third kappa shape index (κ3) is 3.76. The molecule has 8 heteroatoms. The van der Waals surface area contributed by atoms with Crippen LogP contribution in [0.15, 0.2) is 36.4 Å². The van der Waals surface area contributed by atoms with Crippen LogP contribution in [0.1, 0.15) is 33.9 Å². The summed E-state index contributed by atoms with van der Waals surface area (Å²) in [6.07, 6.45) is -4.83. The molecule has 2 aromatic rings. The SMILES string of the molecule is [B]C1([B])Cc2cc(Cc3cc([C@@H]4O[C@H](CO)[C@@H](O)[C@H](O)[C@H]4O)ccc3Cl)ccc21. The second kappa shape index (κ2) is 7.73. The average molecular weight is 410 g/mol. The molecule has 0 amide bonds. The Labute approximate surface area is 177 Å². The number of halogens is 1. The summed E-state index contributed by atoms with van der Waals surface area (Å²) in [7, 11) is 12.0. The lowest BCUT2D eigenvalue weighted by molar-refractivity contribution is -0.231. The van der Waals surface area contributed by atoms with Crippen LogP contribution in [-0.4, -0.2) is 67.1 Å². The molecule has 4 radical (unpaired) electrons. The van der Waals surface area contributed by atoms with E-state index in [2.05, 4.69) is 6.07 Å². The van der Waals surface area contributed by atoms with Crippen molar-refractivity contribution in [3.63, 3.8) is 0 Å². The van der Waals surface area contributed by atoms with Gasteiger partial charge in [-0.2, -0.15) is 0 Å². The van der Waals surface area contributed by atoms with E-state index in [9.17, 15) is 20.4 Å². The van der Waals surface area contributed by atoms with E-state index in [0.29, 0.717) is 23.4 Å². The van der Waals surface area contributed by atoms with Gasteiger partial charge in [-0.05, 0) is 41.2 Å². The standard InChI is InChI=1S/C21H21B2ClO5/c22-21(23)8-13-6-10(1-3-14(13)21)5-12-7-11(2-4-15(12)24)20-19(28)18(27)17(26)16(9-25)29-20/h1-4,6-7,16-20,25-28H,5,8-9H2/t16-,17-,18+,19-,20+/m1/s1. The number of rotatable bonds is 4. The summed E-state index contributed by atoms with van der Waals surface area (Å²) < 4.78 is 5.65. The van der Waals surface area contributed by atoms with Gasteiger partial charge in [0.1, 0.15) is 30.5 Å². The molecule has 0 spiro atoms. The first-order valence-corrected chi connectivity index (χ1v) is 9.88. The van der Waals surface area contributed by atoms with Gasteiger partial charge in [-0.1, -0.05) is 52.7 Å². The molecule has 4 N–H and O–H groups in total. The molecule has 0 saturated carbocycles. The Bertz CT molecular complexity index is 920. The van der Waals surface area contributed by atoms with E-state index in [1.807, 2.05) is 18.2 Å². The normalized spacial score (nSPS) is 30.4. The minimum atomic E-state index is -1.43. The highest BCUT2D eigenvalue weighted by atomic mass is 35.5. The molecule has 4 rings (SSSR count). The fourth-order valence-corrected chi connectivity index (χ4v) is 4.35. The van der Waals surface area contributed by atoms with Crippen molar-refractivity contribution in [1.82, 2.24) is 0 Å². The van der Waals surface area contributed by atoms with E-state index >= 15 is 0 Å². The van der Waals surface area contributed by atoms with E-state index < -0.39 is 42.3 Å². The minimum absolute atomic E-state index is 0.471. The second-order valence-corrected chi connectivity index (χ2v) is 8.39. The molecule has 0 bridgehead atoms. The number of aliphatic hydroxyl groups is 4. The third-order valence-corrected chi connectivity index (χ3v) is 6.21. The van der Waals surface area contributed by atoms with Crippen molar-refractivity contribution in [3.05, 3.63) is 69.2 Å². The topological polar surface area (TPSA) is 90.2 Å². The van der Waals surface area contributed by atoms with Crippen molar-refractivity contribution < 1.29 is 25.2 Å². The maximum Gasteiger partial charge on any atom is 0.113 e. The van der Waals surface area contributed by atoms with E-state index in [1.54, 1.807) is 12.1 Å². The highest BCUT2D eigenvalue weighted by Crippen LogP contribution is 2.38. The fourth-order valence-electron chi connectivity index (χ4n) is 4.17. The maximum atomic E-state index is 10.4. The first-order chi connectivity index (χ1) is 13.7. The number of hydrogen-bond acceptors (Lipinski definition) is 5. The van der Waals surface area contributed by atoms with Crippen LogP contribution in [0.4, 0.5) is 0 Å². The molecule has 1 aliphatic carbocycles. The molecule has 5 atom stereocenters. The number of aliphatic hydroxyl groups excluding tert-OH is 4. The lowest BCUT2D eigenvalue weighted by Gasteiger charge is -2.40. The summed E-state index contributed by atoms with van der Waals surface area (Å²) >= 11 is 6.39. The summed E-state index contributed by atoms with van der Waals surface area (Å²) in [5.74, 6) is 0. The van der Waals surface area contributed by atoms with Crippen LogP contribution < -0.4 is 0 Å². The van der Waals surface area contributed by atoms with Gasteiger partial charge in [0, 0.05) is 5.02 Å². The summed E-state index contributed by atoms with van der Waals surface area (Å²) in [6.45, 7) is -0.471. The first kappa shape index (κ1) is 20.9. The lowest BCUT2D eigenvalue weighted by atomic mass is 9.42. The number of ether oxygens (including phenoxy) is 1. The molecular formula is C21H21B2ClO5. The average Bonchev–Trinajstić information content (AvgIpc) is 2.67. The van der Waals surface area contributed by atoms with Crippen molar-refractivity contribution in [3.8, 4) is 0 Å². The van der Waals surface area contributed by atoms with Crippen LogP contribution in [-0.2, 0) is 22.8 Å². The van der Waals surface area contributed by atoms with Crippen LogP contribution in [0.2, 0.25) is 5.02 Å². The Morgan fingerprint density at radius 1 is 1.03 bits per heavy atom. The minimum Gasteiger partial charge on any atom is -0.394 e. The van der Waals surface area contributed by atoms with Crippen molar-refractivity contribution in [2.75, 3.05) is 6.61 Å². The van der Waals surface area contributed by atoms with Gasteiger partial charge in [-0.25, -0.2) is 0 Å². The molecule has 1 saturated heterocycles. The van der Waals surface area contributed by atoms with Crippen LogP contribution in [0.25, 0.3) is 0 Å². The van der Waals surface area contributed by atoms with Crippen molar-refractivity contribution in [1.29, 1.82) is 0 Å². The van der Waals surface area contributed by atoms with Gasteiger partial charge in [-0.3, -0.25) is 0 Å². The first-order valence-electron chi connectivity index (χ1n) is 9.50. The Kier molecular flexibility index (Phi) is 5.57. The Morgan fingerprint density at radius 3 is 2.45 bits per heavy atom. The molecule has 2 aliphatic rings. The predicted molar refractivity (Wildman–Crippen MR) is 110 cm³/mol. The molecule has 0 unspecified atom stereocenters. The zero-order valence-corrected chi connectivity index (χ0v) is 16.5. The van der Waals surface area contributed by atoms with Crippen LogP contribution in [0, 0.1) is 0 Å². The molecule has 5 nitrogen and oxygen atoms in total. The zero-order chi connectivity index (χ0) is 20.9. The predicted octanol–water partition coefficient (Wildman–Crippen LogP) is 0.492. The molecule has 148 valence electrons. The number of benzene rings is 2. The van der Waals surface area contributed by atoms with Gasteiger partial charge >= 0.3 is 0 Å². The summed E-state index contributed by atoms with van der Waals surface area (Å²) in [4.78, 5) is 0. The molecule has 29 heavy (non-hydrogen) atoms. The third-order valence-electron chi connectivity index (χ3n) is 5.84. The van der Waals surface area contributed by atoms with E-state index in [-0.39, 0.29) is 0 Å². The quantitative estimate of drug-likeness (QED) is 0.551. The summed E-state index contributed by atoms with van der Waals surface area (Å²) in [6, 6.07) is 11.2. The van der Waals surface area contributed by atoms with Crippen LogP contribution >= 0.6 is 11.6 Å². The van der Waals surface area contributed by atoms with Crippen molar-refractivity contribution in [2.45, 2.75) is 48.6 Å². The van der Waals surface area contributed by atoms with Gasteiger partial charge in [0.05, 0.1) is 22.3 Å². The number of hydrogen-bond donors (Lipinski definition) is 4. The monoisotopic (exact) mass is 410 g/mol. The van der Waals surface area contributed by atoms with Gasteiger partial charge < -0.3 is 25.2 Å². The largest absolute Gasteiger partial charge is 0.394 e. The Balaban J connectivity index is 1.59. The maximum absolute atomic E-state index is 10.4. The van der Waals surface area contributed by atoms with E-state index in [1.165, 1.54) is 0 Å². The lowest BCUT2D eigenvalue weighted by Crippen LogP contribution is -2.55. The fraction of sp³-hybridized carbons (Fsp3) is 0.429. The summed E-state index contributed by atoms with van der Waals surface area (Å²) in [5.41, 5.74) is 4.54. The van der Waals surface area contributed by atoms with E-state index in [4.69, 9.17) is 32.0 Å². The van der Waals surface area contributed by atoms with Crippen molar-refractivity contribution in [2.24, 2.45) is 0 Å².